The highest BCUT2D eigenvalue weighted by Gasteiger charge is 2.27. The minimum atomic E-state index is -4.25. The smallest absolute Gasteiger partial charge is 0.292 e. The van der Waals surface area contributed by atoms with Crippen molar-refractivity contribution in [2.75, 3.05) is 13.2 Å². The molecule has 0 aromatic carbocycles. The first-order valence-electron chi connectivity index (χ1n) is 4.64. The SMILES string of the molecule is FC(F)(F)CONCC1CC=CCC1. The van der Waals surface area contributed by atoms with E-state index in [1.54, 1.807) is 0 Å². The Labute approximate surface area is 81.1 Å². The van der Waals surface area contributed by atoms with Gasteiger partial charge in [-0.1, -0.05) is 12.2 Å². The van der Waals surface area contributed by atoms with E-state index < -0.39 is 12.8 Å². The van der Waals surface area contributed by atoms with Crippen LogP contribution in [0.25, 0.3) is 0 Å². The number of hydrogen-bond donors (Lipinski definition) is 1. The Kier molecular flexibility index (Phi) is 4.41. The van der Waals surface area contributed by atoms with E-state index in [1.807, 2.05) is 0 Å². The molecule has 0 bridgehead atoms. The standard InChI is InChI=1S/C9H14F3NO/c10-9(11,12)7-14-13-6-8-4-2-1-3-5-8/h1-2,8,13H,3-7H2. The van der Waals surface area contributed by atoms with Gasteiger partial charge in [0.15, 0.2) is 6.61 Å². The maximum atomic E-state index is 11.6. The molecule has 1 N–H and O–H groups in total. The minimum absolute atomic E-state index is 0.397. The van der Waals surface area contributed by atoms with Crippen LogP contribution in [0.1, 0.15) is 19.3 Å². The molecule has 0 saturated heterocycles. The van der Waals surface area contributed by atoms with E-state index in [9.17, 15) is 13.2 Å². The van der Waals surface area contributed by atoms with E-state index in [-0.39, 0.29) is 0 Å². The van der Waals surface area contributed by atoms with Gasteiger partial charge in [0.25, 0.3) is 0 Å². The molecule has 0 aromatic rings. The van der Waals surface area contributed by atoms with Gasteiger partial charge in [-0.2, -0.15) is 13.2 Å². The van der Waals surface area contributed by atoms with Crippen molar-refractivity contribution in [1.29, 1.82) is 0 Å². The lowest BCUT2D eigenvalue weighted by atomic mass is 9.95. The zero-order valence-electron chi connectivity index (χ0n) is 7.81. The summed E-state index contributed by atoms with van der Waals surface area (Å²) in [6.07, 6.45) is 2.83. The second-order valence-electron chi connectivity index (χ2n) is 3.40. The van der Waals surface area contributed by atoms with E-state index in [4.69, 9.17) is 0 Å². The van der Waals surface area contributed by atoms with E-state index in [1.165, 1.54) is 0 Å². The molecular formula is C9H14F3NO. The van der Waals surface area contributed by atoms with Crippen LogP contribution < -0.4 is 5.48 Å². The number of halogens is 3. The summed E-state index contributed by atoms with van der Waals surface area (Å²) < 4.78 is 34.9. The quantitative estimate of drug-likeness (QED) is 0.436. The number of nitrogens with one attached hydrogen (secondary N) is 1. The second-order valence-corrected chi connectivity index (χ2v) is 3.40. The predicted octanol–water partition coefficient (Wildman–Crippen LogP) is 2.43. The Morgan fingerprint density at radius 3 is 2.71 bits per heavy atom. The van der Waals surface area contributed by atoms with E-state index in [0.29, 0.717) is 12.5 Å². The highest BCUT2D eigenvalue weighted by Crippen LogP contribution is 2.17. The Morgan fingerprint density at radius 2 is 2.14 bits per heavy atom. The molecule has 5 heteroatoms. The number of hydrogen-bond acceptors (Lipinski definition) is 2. The van der Waals surface area contributed by atoms with Crippen LogP contribution in [0, 0.1) is 5.92 Å². The first-order valence-corrected chi connectivity index (χ1v) is 4.64. The van der Waals surface area contributed by atoms with Crippen molar-refractivity contribution in [2.24, 2.45) is 5.92 Å². The molecule has 1 atom stereocenters. The summed E-state index contributed by atoms with van der Waals surface area (Å²) >= 11 is 0. The first-order chi connectivity index (χ1) is 6.58. The first kappa shape index (κ1) is 11.5. The predicted molar refractivity (Wildman–Crippen MR) is 46.5 cm³/mol. The molecular weight excluding hydrogens is 195 g/mol. The summed E-state index contributed by atoms with van der Waals surface area (Å²) in [6, 6.07) is 0. The van der Waals surface area contributed by atoms with Crippen LogP contribution in [0.3, 0.4) is 0 Å². The molecule has 1 aliphatic rings. The molecule has 1 unspecified atom stereocenters. The third-order valence-electron chi connectivity index (χ3n) is 2.09. The van der Waals surface area contributed by atoms with Gasteiger partial charge in [-0.05, 0) is 25.2 Å². The van der Waals surface area contributed by atoms with Gasteiger partial charge in [-0.15, -0.1) is 0 Å². The molecule has 0 fully saturated rings. The lowest BCUT2D eigenvalue weighted by Crippen LogP contribution is -2.29. The summed E-state index contributed by atoms with van der Waals surface area (Å²) in [7, 11) is 0. The van der Waals surface area contributed by atoms with Gasteiger partial charge < -0.3 is 0 Å². The molecule has 2 nitrogen and oxygen atoms in total. The van der Waals surface area contributed by atoms with Gasteiger partial charge >= 0.3 is 6.18 Å². The van der Waals surface area contributed by atoms with Gasteiger partial charge in [0, 0.05) is 6.54 Å². The Morgan fingerprint density at radius 1 is 1.36 bits per heavy atom. The molecule has 14 heavy (non-hydrogen) atoms. The van der Waals surface area contributed by atoms with Crippen LogP contribution in [0.5, 0.6) is 0 Å². The van der Waals surface area contributed by atoms with Crippen molar-refractivity contribution >= 4 is 0 Å². The topological polar surface area (TPSA) is 21.3 Å². The molecule has 0 radical (unpaired) electrons. The van der Waals surface area contributed by atoms with E-state index >= 15 is 0 Å². The van der Waals surface area contributed by atoms with Crippen molar-refractivity contribution in [3.05, 3.63) is 12.2 Å². The Balaban J connectivity index is 2.01. The molecule has 1 rings (SSSR count). The van der Waals surface area contributed by atoms with Crippen molar-refractivity contribution < 1.29 is 18.0 Å². The summed E-state index contributed by atoms with van der Waals surface area (Å²) in [5.74, 6) is 0.397. The largest absolute Gasteiger partial charge is 0.413 e. The summed E-state index contributed by atoms with van der Waals surface area (Å²) in [5.41, 5.74) is 2.36. The van der Waals surface area contributed by atoms with E-state index in [2.05, 4.69) is 22.5 Å². The fourth-order valence-electron chi connectivity index (χ4n) is 1.35. The van der Waals surface area contributed by atoms with Crippen LogP contribution in [0.15, 0.2) is 12.2 Å². The number of allylic oxidation sites excluding steroid dienone is 2. The van der Waals surface area contributed by atoms with Crippen molar-refractivity contribution in [2.45, 2.75) is 25.4 Å². The molecule has 0 heterocycles. The van der Waals surface area contributed by atoms with Gasteiger partial charge in [0.1, 0.15) is 0 Å². The molecule has 0 spiro atoms. The summed E-state index contributed by atoms with van der Waals surface area (Å²) in [6.45, 7) is -0.740. The maximum absolute atomic E-state index is 11.6. The monoisotopic (exact) mass is 209 g/mol. The van der Waals surface area contributed by atoms with Gasteiger partial charge in [0.05, 0.1) is 0 Å². The van der Waals surface area contributed by atoms with Crippen molar-refractivity contribution in [3.63, 3.8) is 0 Å². The fourth-order valence-corrected chi connectivity index (χ4v) is 1.35. The highest BCUT2D eigenvalue weighted by atomic mass is 19.4. The van der Waals surface area contributed by atoms with E-state index in [0.717, 1.165) is 19.3 Å². The normalized spacial score (nSPS) is 22.6. The Hall–Kier alpha value is -0.550. The molecule has 0 aliphatic heterocycles. The van der Waals surface area contributed by atoms with Crippen LogP contribution >= 0.6 is 0 Å². The third kappa shape index (κ3) is 5.24. The maximum Gasteiger partial charge on any atom is 0.413 e. The second kappa shape index (κ2) is 5.36. The minimum Gasteiger partial charge on any atom is -0.292 e. The van der Waals surface area contributed by atoms with Crippen molar-refractivity contribution in [3.8, 4) is 0 Å². The van der Waals surface area contributed by atoms with Crippen LogP contribution in [0.2, 0.25) is 0 Å². The fraction of sp³-hybridized carbons (Fsp3) is 0.778. The Bertz CT molecular complexity index is 191. The van der Waals surface area contributed by atoms with Crippen LogP contribution in [-0.2, 0) is 4.84 Å². The lowest BCUT2D eigenvalue weighted by Gasteiger charge is -2.18. The average Bonchev–Trinajstić information content (AvgIpc) is 2.13. The molecule has 0 saturated carbocycles. The third-order valence-corrected chi connectivity index (χ3v) is 2.09. The van der Waals surface area contributed by atoms with Crippen LogP contribution in [0.4, 0.5) is 13.2 Å². The van der Waals surface area contributed by atoms with Gasteiger partial charge in [0.2, 0.25) is 0 Å². The zero-order valence-corrected chi connectivity index (χ0v) is 7.81. The molecule has 0 amide bonds. The summed E-state index contributed by atoms with van der Waals surface area (Å²) in [4.78, 5) is 4.30. The lowest BCUT2D eigenvalue weighted by molar-refractivity contribution is -0.190. The molecule has 82 valence electrons. The molecule has 0 aromatic heterocycles. The number of alkyl halides is 3. The van der Waals surface area contributed by atoms with Gasteiger partial charge in [-0.25, -0.2) is 5.48 Å². The number of hydroxylamine groups is 1. The van der Waals surface area contributed by atoms with Gasteiger partial charge in [-0.3, -0.25) is 4.84 Å². The highest BCUT2D eigenvalue weighted by molar-refractivity contribution is 4.90. The summed E-state index contributed by atoms with van der Waals surface area (Å²) in [5, 5.41) is 0. The zero-order chi connectivity index (χ0) is 10.4. The number of rotatable bonds is 4. The molecule has 1 aliphatic carbocycles. The average molecular weight is 209 g/mol. The van der Waals surface area contributed by atoms with Crippen molar-refractivity contribution in [1.82, 2.24) is 5.48 Å². The van der Waals surface area contributed by atoms with Crippen LogP contribution in [-0.4, -0.2) is 19.3 Å².